The Balaban J connectivity index is 1.92. The third-order valence-electron chi connectivity index (χ3n) is 3.02. The molecule has 1 nitrogen and oxygen atoms in total. The molecule has 1 aliphatic carbocycles. The van der Waals surface area contributed by atoms with E-state index in [0.29, 0.717) is 6.42 Å². The van der Waals surface area contributed by atoms with E-state index in [1.807, 2.05) is 43.0 Å². The summed E-state index contributed by atoms with van der Waals surface area (Å²) in [5, 5.41) is 0. The van der Waals surface area contributed by atoms with E-state index in [1.165, 1.54) is 16.9 Å². The molecule has 1 aromatic rings. The van der Waals surface area contributed by atoms with Crippen LogP contribution < -0.4 is 0 Å². The van der Waals surface area contributed by atoms with E-state index in [0.717, 1.165) is 17.7 Å². The second kappa shape index (κ2) is 6.60. The minimum absolute atomic E-state index is 0.215. The molecule has 0 heterocycles. The van der Waals surface area contributed by atoms with Gasteiger partial charge in [-0.1, -0.05) is 42.9 Å². The summed E-state index contributed by atoms with van der Waals surface area (Å²) in [6.07, 6.45) is 9.48. The summed E-state index contributed by atoms with van der Waals surface area (Å²) in [6.45, 7) is 1.90. The van der Waals surface area contributed by atoms with E-state index in [-0.39, 0.29) is 5.78 Å². The molecule has 0 N–H and O–H groups in total. The van der Waals surface area contributed by atoms with Crippen LogP contribution in [0.4, 0.5) is 0 Å². The van der Waals surface area contributed by atoms with Crippen LogP contribution in [0.2, 0.25) is 0 Å². The van der Waals surface area contributed by atoms with Gasteiger partial charge in [-0.05, 0) is 25.0 Å². The highest BCUT2D eigenvalue weighted by Gasteiger charge is 2.04. The van der Waals surface area contributed by atoms with E-state index < -0.39 is 0 Å². The molecule has 0 aliphatic heterocycles. The first-order valence-corrected chi connectivity index (χ1v) is 7.39. The van der Waals surface area contributed by atoms with Crippen molar-refractivity contribution in [1.82, 2.24) is 0 Å². The minimum Gasteiger partial charge on any atom is -0.294 e. The van der Waals surface area contributed by atoms with Crippen molar-refractivity contribution in [1.29, 1.82) is 0 Å². The molecule has 0 amide bonds. The van der Waals surface area contributed by atoms with Gasteiger partial charge in [0, 0.05) is 22.6 Å². The van der Waals surface area contributed by atoms with E-state index >= 15 is 0 Å². The lowest BCUT2D eigenvalue weighted by Crippen LogP contribution is -1.95. The van der Waals surface area contributed by atoms with Gasteiger partial charge < -0.3 is 0 Å². The maximum atomic E-state index is 11.5. The standard InChI is InChI=1S/C16H18OS/c1-2-16(17)14-8-10-15(11-9-14)18-12-13-6-4-3-5-7-13/h3-4,6,8-11H,2,5,7,12H2,1H3. The molecule has 0 radical (unpaired) electrons. The maximum absolute atomic E-state index is 11.5. The summed E-state index contributed by atoms with van der Waals surface area (Å²) >= 11 is 1.84. The van der Waals surface area contributed by atoms with E-state index in [9.17, 15) is 4.79 Å². The molecule has 1 aliphatic rings. The number of carbonyl (C=O) groups is 1. The number of allylic oxidation sites excluding steroid dienone is 3. The lowest BCUT2D eigenvalue weighted by Gasteiger charge is -2.08. The fourth-order valence-electron chi connectivity index (χ4n) is 1.89. The first kappa shape index (κ1) is 13.2. The molecule has 0 fully saturated rings. The van der Waals surface area contributed by atoms with Crippen molar-refractivity contribution in [3.8, 4) is 0 Å². The number of Topliss-reactive ketones (excluding diaryl/α,β-unsaturated/α-hetero) is 1. The zero-order chi connectivity index (χ0) is 12.8. The second-order valence-corrected chi connectivity index (χ2v) is 5.43. The van der Waals surface area contributed by atoms with Gasteiger partial charge in [0.1, 0.15) is 0 Å². The molecule has 0 saturated heterocycles. The van der Waals surface area contributed by atoms with Crippen molar-refractivity contribution in [3.63, 3.8) is 0 Å². The molecule has 94 valence electrons. The van der Waals surface area contributed by atoms with Gasteiger partial charge in [-0.15, -0.1) is 11.8 Å². The average Bonchev–Trinajstić information content (AvgIpc) is 2.46. The van der Waals surface area contributed by atoms with Gasteiger partial charge in [0.25, 0.3) is 0 Å². The number of ketones is 1. The van der Waals surface area contributed by atoms with Crippen LogP contribution in [0.3, 0.4) is 0 Å². The Morgan fingerprint density at radius 1 is 1.28 bits per heavy atom. The Morgan fingerprint density at radius 2 is 2.06 bits per heavy atom. The van der Waals surface area contributed by atoms with Gasteiger partial charge >= 0.3 is 0 Å². The Hall–Kier alpha value is -1.28. The number of thioether (sulfide) groups is 1. The summed E-state index contributed by atoms with van der Waals surface area (Å²) in [4.78, 5) is 12.7. The van der Waals surface area contributed by atoms with Gasteiger partial charge in [0.05, 0.1) is 0 Å². The Bertz CT molecular complexity index is 468. The van der Waals surface area contributed by atoms with Crippen LogP contribution in [0.15, 0.2) is 53.0 Å². The molecular weight excluding hydrogens is 240 g/mol. The van der Waals surface area contributed by atoms with Gasteiger partial charge in [-0.25, -0.2) is 0 Å². The molecule has 0 unspecified atom stereocenters. The molecule has 0 spiro atoms. The number of hydrogen-bond donors (Lipinski definition) is 0. The van der Waals surface area contributed by atoms with Crippen LogP contribution in [0.1, 0.15) is 36.5 Å². The van der Waals surface area contributed by atoms with Crippen molar-refractivity contribution < 1.29 is 4.79 Å². The Kier molecular flexibility index (Phi) is 4.82. The van der Waals surface area contributed by atoms with Gasteiger partial charge in [-0.3, -0.25) is 4.79 Å². The van der Waals surface area contributed by atoms with Gasteiger partial charge in [0.2, 0.25) is 0 Å². The van der Waals surface area contributed by atoms with Crippen molar-refractivity contribution in [2.75, 3.05) is 5.75 Å². The molecular formula is C16H18OS. The van der Waals surface area contributed by atoms with Crippen LogP contribution in [0.5, 0.6) is 0 Å². The highest BCUT2D eigenvalue weighted by molar-refractivity contribution is 7.99. The lowest BCUT2D eigenvalue weighted by atomic mass is 10.1. The topological polar surface area (TPSA) is 17.1 Å². The average molecular weight is 258 g/mol. The summed E-state index contributed by atoms with van der Waals surface area (Å²) in [5.41, 5.74) is 2.32. The molecule has 0 saturated carbocycles. The summed E-state index contributed by atoms with van der Waals surface area (Å²) < 4.78 is 0. The maximum Gasteiger partial charge on any atom is 0.162 e. The van der Waals surface area contributed by atoms with Crippen LogP contribution in [0.25, 0.3) is 0 Å². The largest absolute Gasteiger partial charge is 0.294 e. The number of hydrogen-bond acceptors (Lipinski definition) is 2. The van der Waals surface area contributed by atoms with Crippen LogP contribution in [-0.4, -0.2) is 11.5 Å². The zero-order valence-electron chi connectivity index (χ0n) is 10.7. The Morgan fingerprint density at radius 3 is 2.67 bits per heavy atom. The van der Waals surface area contributed by atoms with E-state index in [1.54, 1.807) is 0 Å². The number of benzene rings is 1. The van der Waals surface area contributed by atoms with Crippen molar-refractivity contribution >= 4 is 17.5 Å². The first-order chi connectivity index (χ1) is 8.79. The minimum atomic E-state index is 0.215. The zero-order valence-corrected chi connectivity index (χ0v) is 11.5. The van der Waals surface area contributed by atoms with E-state index in [4.69, 9.17) is 0 Å². The smallest absolute Gasteiger partial charge is 0.162 e. The Labute approximate surface area is 113 Å². The quantitative estimate of drug-likeness (QED) is 0.565. The first-order valence-electron chi connectivity index (χ1n) is 6.40. The highest BCUT2D eigenvalue weighted by Crippen LogP contribution is 2.24. The summed E-state index contributed by atoms with van der Waals surface area (Å²) in [5.74, 6) is 1.26. The summed E-state index contributed by atoms with van der Waals surface area (Å²) in [7, 11) is 0. The van der Waals surface area contributed by atoms with Crippen molar-refractivity contribution in [2.24, 2.45) is 0 Å². The molecule has 0 bridgehead atoms. The molecule has 0 atom stereocenters. The SMILES string of the molecule is CCC(=O)c1ccc(SCC2=CC=CCC2)cc1. The van der Waals surface area contributed by atoms with Crippen molar-refractivity contribution in [3.05, 3.63) is 53.6 Å². The van der Waals surface area contributed by atoms with Gasteiger partial charge in [0.15, 0.2) is 5.78 Å². The second-order valence-electron chi connectivity index (χ2n) is 4.38. The predicted octanol–water partition coefficient (Wildman–Crippen LogP) is 4.65. The third-order valence-corrected chi connectivity index (χ3v) is 4.14. The van der Waals surface area contributed by atoms with Crippen LogP contribution in [-0.2, 0) is 0 Å². The van der Waals surface area contributed by atoms with Crippen LogP contribution in [0, 0.1) is 0 Å². The van der Waals surface area contributed by atoms with Crippen molar-refractivity contribution in [2.45, 2.75) is 31.1 Å². The monoisotopic (exact) mass is 258 g/mol. The predicted molar refractivity (Wildman–Crippen MR) is 78.2 cm³/mol. The molecule has 18 heavy (non-hydrogen) atoms. The lowest BCUT2D eigenvalue weighted by molar-refractivity contribution is 0.0988. The fourth-order valence-corrected chi connectivity index (χ4v) is 2.81. The third kappa shape index (κ3) is 3.61. The summed E-state index contributed by atoms with van der Waals surface area (Å²) in [6, 6.07) is 7.96. The molecule has 2 heteroatoms. The normalized spacial score (nSPS) is 14.4. The number of rotatable bonds is 5. The molecule has 1 aromatic carbocycles. The highest BCUT2D eigenvalue weighted by atomic mass is 32.2. The van der Waals surface area contributed by atoms with Gasteiger partial charge in [-0.2, -0.15) is 0 Å². The molecule has 0 aromatic heterocycles. The number of carbonyl (C=O) groups excluding carboxylic acids is 1. The van der Waals surface area contributed by atoms with E-state index in [2.05, 4.69) is 18.2 Å². The van der Waals surface area contributed by atoms with Crippen LogP contribution >= 0.6 is 11.8 Å². The fraction of sp³-hybridized carbons (Fsp3) is 0.312. The molecule has 2 rings (SSSR count).